The van der Waals surface area contributed by atoms with Gasteiger partial charge in [-0.1, -0.05) is 84.0 Å². The number of hydrogen-bond acceptors (Lipinski definition) is 8. The molecule has 0 atom stereocenters. The zero-order valence-corrected chi connectivity index (χ0v) is 26.6. The molecule has 0 N–H and O–H groups in total. The first-order chi connectivity index (χ1) is 19.8. The first kappa shape index (κ1) is 39.7. The average molecular weight is 579 g/mol. The molecule has 0 spiro atoms. The molecule has 0 aromatic heterocycles. The third-order valence-corrected chi connectivity index (χ3v) is 6.30. The van der Waals surface area contributed by atoms with Crippen LogP contribution in [0.25, 0.3) is 0 Å². The first-order valence-electron chi connectivity index (χ1n) is 16.4. The summed E-state index contributed by atoms with van der Waals surface area (Å²) in [6.45, 7) is 15.3. The Morgan fingerprint density at radius 3 is 0.850 bits per heavy atom. The summed E-state index contributed by atoms with van der Waals surface area (Å²) in [6.07, 6.45) is 18.1. The molecule has 0 aliphatic rings. The van der Waals surface area contributed by atoms with E-state index < -0.39 is 0 Å². The van der Waals surface area contributed by atoms with Crippen LogP contribution in [0.1, 0.15) is 104 Å². The van der Waals surface area contributed by atoms with E-state index in [9.17, 15) is 0 Å². The van der Waals surface area contributed by atoms with E-state index in [1.54, 1.807) is 0 Å². The average Bonchev–Trinajstić information content (AvgIpc) is 2.95. The van der Waals surface area contributed by atoms with Gasteiger partial charge in [-0.05, 0) is 20.3 Å². The van der Waals surface area contributed by atoms with Crippen molar-refractivity contribution in [3.05, 3.63) is 0 Å². The molecule has 0 saturated heterocycles. The maximum Gasteiger partial charge on any atom is 0.0703 e. The van der Waals surface area contributed by atoms with Crippen molar-refractivity contribution in [2.45, 2.75) is 110 Å². The number of unbranched alkanes of at least 4 members (excludes halogenated alkanes) is 12. The molecule has 0 bridgehead atoms. The Morgan fingerprint density at radius 1 is 0.300 bits per heavy atom. The number of rotatable bonds is 36. The van der Waals surface area contributed by atoms with E-state index in [-0.39, 0.29) is 6.10 Å². The molecule has 0 fully saturated rings. The van der Waals surface area contributed by atoms with Crippen LogP contribution in [0.2, 0.25) is 0 Å². The van der Waals surface area contributed by atoms with Gasteiger partial charge in [-0.2, -0.15) is 0 Å². The predicted molar refractivity (Wildman–Crippen MR) is 163 cm³/mol. The van der Waals surface area contributed by atoms with Gasteiger partial charge in [0, 0.05) is 6.61 Å². The lowest BCUT2D eigenvalue weighted by molar-refractivity contribution is -0.0256. The Bertz CT molecular complexity index is 439. The second kappa shape index (κ2) is 36.7. The number of ether oxygens (including phenoxy) is 8. The second-order valence-corrected chi connectivity index (χ2v) is 10.4. The Labute approximate surface area is 247 Å². The quantitative estimate of drug-likeness (QED) is 0.0768. The molecule has 0 aromatic rings. The van der Waals surface area contributed by atoms with Crippen LogP contribution in [0.15, 0.2) is 0 Å². The van der Waals surface area contributed by atoms with E-state index >= 15 is 0 Å². The summed E-state index contributed by atoms with van der Waals surface area (Å²) in [7, 11) is 0. The van der Waals surface area contributed by atoms with Gasteiger partial charge >= 0.3 is 0 Å². The van der Waals surface area contributed by atoms with Crippen LogP contribution in [0.3, 0.4) is 0 Å². The third kappa shape index (κ3) is 37.7. The largest absolute Gasteiger partial charge is 0.379 e. The highest BCUT2D eigenvalue weighted by atomic mass is 16.6. The fourth-order valence-corrected chi connectivity index (χ4v) is 3.99. The zero-order valence-electron chi connectivity index (χ0n) is 26.6. The van der Waals surface area contributed by atoms with E-state index in [1.807, 2.05) is 13.8 Å². The lowest BCUT2D eigenvalue weighted by Crippen LogP contribution is -2.15. The van der Waals surface area contributed by atoms with Crippen LogP contribution < -0.4 is 0 Å². The SMILES string of the molecule is CCCCCCCCCCCCCCCOCCOCCOCCOCCOCCOCCOCCOC(C)C. The Balaban J connectivity index is 3.02. The van der Waals surface area contributed by atoms with Gasteiger partial charge in [0.2, 0.25) is 0 Å². The molecule has 0 radical (unpaired) electrons. The van der Waals surface area contributed by atoms with Crippen molar-refractivity contribution in [2.75, 3.05) is 99.1 Å². The van der Waals surface area contributed by atoms with Gasteiger partial charge in [0.05, 0.1) is 98.6 Å². The second-order valence-electron chi connectivity index (χ2n) is 10.4. The van der Waals surface area contributed by atoms with Crippen molar-refractivity contribution in [1.82, 2.24) is 0 Å². The molecule has 0 heterocycles. The molecule has 0 saturated carbocycles. The number of hydrogen-bond donors (Lipinski definition) is 0. The molecule has 8 nitrogen and oxygen atoms in total. The minimum Gasteiger partial charge on any atom is -0.379 e. The molecule has 0 aromatic carbocycles. The molecule has 8 heteroatoms. The zero-order chi connectivity index (χ0) is 29.0. The molecule has 0 aliphatic heterocycles. The van der Waals surface area contributed by atoms with E-state index in [1.165, 1.54) is 77.0 Å². The van der Waals surface area contributed by atoms with Gasteiger partial charge in [0.15, 0.2) is 0 Å². The Kier molecular flexibility index (Phi) is 36.4. The minimum atomic E-state index is 0.243. The normalized spacial score (nSPS) is 11.7. The van der Waals surface area contributed by atoms with Crippen molar-refractivity contribution in [2.24, 2.45) is 0 Å². The molecular weight excluding hydrogens is 512 g/mol. The van der Waals surface area contributed by atoms with Crippen LogP contribution >= 0.6 is 0 Å². The van der Waals surface area contributed by atoms with Crippen LogP contribution in [-0.4, -0.2) is 105 Å². The third-order valence-electron chi connectivity index (χ3n) is 6.30. The van der Waals surface area contributed by atoms with Crippen LogP contribution in [-0.2, 0) is 37.9 Å². The highest BCUT2D eigenvalue weighted by molar-refractivity contribution is 4.49. The van der Waals surface area contributed by atoms with Crippen LogP contribution in [0, 0.1) is 0 Å². The molecule has 0 rings (SSSR count). The van der Waals surface area contributed by atoms with Crippen LogP contribution in [0.5, 0.6) is 0 Å². The van der Waals surface area contributed by atoms with Crippen molar-refractivity contribution in [3.63, 3.8) is 0 Å². The topological polar surface area (TPSA) is 73.8 Å². The molecular formula is C32H66O8. The van der Waals surface area contributed by atoms with Gasteiger partial charge in [0.25, 0.3) is 0 Å². The molecule has 0 unspecified atom stereocenters. The summed E-state index contributed by atoms with van der Waals surface area (Å²) in [6, 6.07) is 0. The highest BCUT2D eigenvalue weighted by Gasteiger charge is 1.97. The summed E-state index contributed by atoms with van der Waals surface area (Å²) in [5.74, 6) is 0. The maximum absolute atomic E-state index is 5.66. The van der Waals surface area contributed by atoms with Gasteiger partial charge in [-0.15, -0.1) is 0 Å². The Hall–Kier alpha value is -0.320. The summed E-state index contributed by atoms with van der Waals surface area (Å²) in [5, 5.41) is 0. The fourth-order valence-electron chi connectivity index (χ4n) is 3.99. The predicted octanol–water partition coefficient (Wildman–Crippen LogP) is 6.62. The van der Waals surface area contributed by atoms with Gasteiger partial charge < -0.3 is 37.9 Å². The van der Waals surface area contributed by atoms with E-state index in [2.05, 4.69) is 6.92 Å². The lowest BCUT2D eigenvalue weighted by Gasteiger charge is -2.09. The van der Waals surface area contributed by atoms with Crippen LogP contribution in [0.4, 0.5) is 0 Å². The van der Waals surface area contributed by atoms with Crippen molar-refractivity contribution in [1.29, 1.82) is 0 Å². The Morgan fingerprint density at radius 2 is 0.550 bits per heavy atom. The highest BCUT2D eigenvalue weighted by Crippen LogP contribution is 2.12. The molecule has 0 amide bonds. The summed E-state index contributed by atoms with van der Waals surface area (Å²) < 4.78 is 44.0. The lowest BCUT2D eigenvalue weighted by atomic mass is 10.0. The van der Waals surface area contributed by atoms with E-state index in [0.717, 1.165) is 13.0 Å². The van der Waals surface area contributed by atoms with Gasteiger partial charge in [-0.3, -0.25) is 0 Å². The van der Waals surface area contributed by atoms with Crippen molar-refractivity contribution in [3.8, 4) is 0 Å². The first-order valence-corrected chi connectivity index (χ1v) is 16.4. The minimum absolute atomic E-state index is 0.243. The van der Waals surface area contributed by atoms with Gasteiger partial charge in [-0.25, -0.2) is 0 Å². The van der Waals surface area contributed by atoms with E-state index in [4.69, 9.17) is 37.9 Å². The smallest absolute Gasteiger partial charge is 0.0703 e. The summed E-state index contributed by atoms with van der Waals surface area (Å²) >= 11 is 0. The monoisotopic (exact) mass is 578 g/mol. The maximum atomic E-state index is 5.66. The van der Waals surface area contributed by atoms with Crippen molar-refractivity contribution < 1.29 is 37.9 Å². The molecule has 40 heavy (non-hydrogen) atoms. The van der Waals surface area contributed by atoms with E-state index in [0.29, 0.717) is 92.5 Å². The summed E-state index contributed by atoms with van der Waals surface area (Å²) in [5.41, 5.74) is 0. The standard InChI is InChI=1S/C32H66O8/c1-4-5-6-7-8-9-10-11-12-13-14-15-16-17-33-18-19-34-20-21-35-22-23-36-24-25-37-26-27-38-28-29-39-30-31-40-32(2)3/h32H,4-31H2,1-3H3. The fraction of sp³-hybridized carbons (Fsp3) is 1.00. The summed E-state index contributed by atoms with van der Waals surface area (Å²) in [4.78, 5) is 0. The van der Waals surface area contributed by atoms with Gasteiger partial charge in [0.1, 0.15) is 0 Å². The van der Waals surface area contributed by atoms with Crippen molar-refractivity contribution >= 4 is 0 Å². The molecule has 242 valence electrons. The molecule has 0 aliphatic carbocycles.